The van der Waals surface area contributed by atoms with Crippen molar-refractivity contribution in [3.8, 4) is 0 Å². The highest BCUT2D eigenvalue weighted by molar-refractivity contribution is 5.29. The van der Waals surface area contributed by atoms with E-state index in [-0.39, 0.29) is 0 Å². The molecular weight excluding hydrogens is 232 g/mol. The predicted molar refractivity (Wildman–Crippen MR) is 80.7 cm³/mol. The van der Waals surface area contributed by atoms with Crippen molar-refractivity contribution in [2.45, 2.75) is 59.0 Å². The minimum Gasteiger partial charge on any atom is -0.381 e. The van der Waals surface area contributed by atoms with Crippen LogP contribution >= 0.6 is 0 Å². The van der Waals surface area contributed by atoms with Crippen LogP contribution < -0.4 is 5.32 Å². The number of piperidine rings is 1. The minimum atomic E-state index is 0.649. The number of hydrogen-bond acceptors (Lipinski definition) is 1. The van der Waals surface area contributed by atoms with Crippen molar-refractivity contribution in [1.29, 1.82) is 0 Å². The van der Waals surface area contributed by atoms with Crippen LogP contribution in [0.5, 0.6) is 0 Å². The van der Waals surface area contributed by atoms with E-state index < -0.39 is 0 Å². The first-order valence-corrected chi connectivity index (χ1v) is 8.30. The molecule has 3 aliphatic rings. The third-order valence-corrected chi connectivity index (χ3v) is 6.58. The molecule has 0 aromatic rings. The van der Waals surface area contributed by atoms with Gasteiger partial charge in [-0.15, -0.1) is 0 Å². The molecular formula is C17H31N2+. The Morgan fingerprint density at radius 1 is 1.26 bits per heavy atom. The number of quaternary nitrogens is 1. The van der Waals surface area contributed by atoms with Crippen LogP contribution in [0.25, 0.3) is 0 Å². The average molecular weight is 263 g/mol. The molecule has 108 valence electrons. The van der Waals surface area contributed by atoms with Gasteiger partial charge in [-0.1, -0.05) is 20.8 Å². The van der Waals surface area contributed by atoms with E-state index in [0.29, 0.717) is 6.04 Å². The molecule has 19 heavy (non-hydrogen) atoms. The fourth-order valence-electron chi connectivity index (χ4n) is 4.91. The molecule has 1 fully saturated rings. The molecule has 2 nitrogen and oxygen atoms in total. The lowest BCUT2D eigenvalue weighted by atomic mass is 9.76. The van der Waals surface area contributed by atoms with Gasteiger partial charge in [-0.3, -0.25) is 0 Å². The van der Waals surface area contributed by atoms with Crippen LogP contribution in [0.1, 0.15) is 47.0 Å². The Morgan fingerprint density at radius 3 is 2.68 bits per heavy atom. The fraction of sp³-hybridized carbons (Fsp3) is 0.882. The van der Waals surface area contributed by atoms with Gasteiger partial charge in [-0.2, -0.15) is 0 Å². The zero-order valence-corrected chi connectivity index (χ0v) is 13.4. The van der Waals surface area contributed by atoms with Gasteiger partial charge in [0.25, 0.3) is 0 Å². The molecule has 0 saturated carbocycles. The van der Waals surface area contributed by atoms with Gasteiger partial charge in [-0.05, 0) is 30.8 Å². The highest BCUT2D eigenvalue weighted by Gasteiger charge is 2.50. The first-order chi connectivity index (χ1) is 8.96. The zero-order valence-electron chi connectivity index (χ0n) is 13.4. The van der Waals surface area contributed by atoms with Crippen LogP contribution in [0.3, 0.4) is 0 Å². The van der Waals surface area contributed by atoms with Crippen molar-refractivity contribution < 1.29 is 4.48 Å². The summed E-state index contributed by atoms with van der Waals surface area (Å²) in [6.45, 7) is 12.4. The van der Waals surface area contributed by atoms with Gasteiger partial charge in [0.15, 0.2) is 0 Å². The van der Waals surface area contributed by atoms with E-state index in [0.717, 1.165) is 23.8 Å². The van der Waals surface area contributed by atoms with Crippen LogP contribution in [0, 0.1) is 17.8 Å². The van der Waals surface area contributed by atoms with E-state index in [2.05, 4.69) is 40.1 Å². The van der Waals surface area contributed by atoms with E-state index in [4.69, 9.17) is 0 Å². The molecule has 0 bridgehead atoms. The van der Waals surface area contributed by atoms with E-state index in [1.54, 1.807) is 11.3 Å². The summed E-state index contributed by atoms with van der Waals surface area (Å²) in [7, 11) is 2.51. The summed E-state index contributed by atoms with van der Waals surface area (Å²) in [6, 6.07) is 1.41. The Labute approximate surface area is 118 Å². The molecule has 3 rings (SSSR count). The Kier molecular flexibility index (Phi) is 3.20. The van der Waals surface area contributed by atoms with E-state index >= 15 is 0 Å². The number of nitrogens with one attached hydrogen (secondary N) is 1. The molecule has 0 amide bonds. The molecule has 3 heterocycles. The van der Waals surface area contributed by atoms with Crippen LogP contribution in [0.15, 0.2) is 11.3 Å². The maximum atomic E-state index is 3.85. The summed E-state index contributed by atoms with van der Waals surface area (Å²) in [5.41, 5.74) is 3.41. The molecule has 2 heteroatoms. The average Bonchev–Trinajstić information content (AvgIpc) is 2.66. The summed E-state index contributed by atoms with van der Waals surface area (Å²) in [5, 5.41) is 3.85. The molecule has 6 unspecified atom stereocenters. The predicted octanol–water partition coefficient (Wildman–Crippen LogP) is 3.15. The minimum absolute atomic E-state index is 0.649. The first-order valence-electron chi connectivity index (χ1n) is 8.30. The normalized spacial score (nSPS) is 49.6. The largest absolute Gasteiger partial charge is 0.381 e. The number of hydrogen-bond donors (Lipinski definition) is 1. The maximum Gasteiger partial charge on any atom is 0.129 e. The second-order valence-corrected chi connectivity index (χ2v) is 7.69. The first kappa shape index (κ1) is 13.5. The van der Waals surface area contributed by atoms with Crippen LogP contribution in [0.2, 0.25) is 0 Å². The van der Waals surface area contributed by atoms with Gasteiger partial charge in [0.05, 0.1) is 25.8 Å². The molecule has 0 spiro atoms. The second kappa shape index (κ2) is 4.51. The Bertz CT molecular complexity index is 400. The highest BCUT2D eigenvalue weighted by Crippen LogP contribution is 2.44. The smallest absolute Gasteiger partial charge is 0.129 e. The summed E-state index contributed by atoms with van der Waals surface area (Å²) in [4.78, 5) is 0. The third-order valence-electron chi connectivity index (χ3n) is 6.58. The molecule has 0 aliphatic carbocycles. The standard InChI is InChI=1S/C17H31N2/c1-6-14-10-19(5)8-7-15-12(3)13(4)18-17(15)16(19)9-11(14)2/h11-14,16,18H,6-10H2,1-5H3/q+1. The summed E-state index contributed by atoms with van der Waals surface area (Å²) in [5.74, 6) is 2.57. The summed E-state index contributed by atoms with van der Waals surface area (Å²) < 4.78 is 1.30. The monoisotopic (exact) mass is 263 g/mol. The van der Waals surface area contributed by atoms with Crippen molar-refractivity contribution in [3.63, 3.8) is 0 Å². The molecule has 0 radical (unpaired) electrons. The lowest BCUT2D eigenvalue weighted by Crippen LogP contribution is -2.63. The Hall–Kier alpha value is -0.500. The number of nitrogens with zero attached hydrogens (tertiary/aromatic N) is 1. The van der Waals surface area contributed by atoms with Gasteiger partial charge in [0.2, 0.25) is 0 Å². The van der Waals surface area contributed by atoms with Crippen molar-refractivity contribution in [1.82, 2.24) is 5.32 Å². The van der Waals surface area contributed by atoms with Crippen LogP contribution in [0.4, 0.5) is 0 Å². The number of fused-ring (bicyclic) bond motifs is 2. The lowest BCUT2D eigenvalue weighted by Gasteiger charge is -2.52. The van der Waals surface area contributed by atoms with Crippen molar-refractivity contribution in [2.75, 3.05) is 20.1 Å². The van der Waals surface area contributed by atoms with E-state index in [1.165, 1.54) is 36.8 Å². The third kappa shape index (κ3) is 1.94. The molecule has 0 aromatic carbocycles. The van der Waals surface area contributed by atoms with Crippen LogP contribution in [-0.2, 0) is 0 Å². The fourth-order valence-corrected chi connectivity index (χ4v) is 4.91. The molecule has 1 N–H and O–H groups in total. The van der Waals surface area contributed by atoms with Gasteiger partial charge < -0.3 is 9.80 Å². The maximum absolute atomic E-state index is 3.85. The zero-order chi connectivity index (χ0) is 13.8. The van der Waals surface area contributed by atoms with Gasteiger partial charge in [-0.25, -0.2) is 0 Å². The van der Waals surface area contributed by atoms with Crippen molar-refractivity contribution >= 4 is 0 Å². The van der Waals surface area contributed by atoms with E-state index in [1.807, 2.05) is 0 Å². The second-order valence-electron chi connectivity index (χ2n) is 7.69. The Morgan fingerprint density at radius 2 is 2.00 bits per heavy atom. The lowest BCUT2D eigenvalue weighted by molar-refractivity contribution is -0.939. The number of likely N-dealkylation sites (N-methyl/N-ethyl adjacent to an activating group) is 1. The molecule has 1 saturated heterocycles. The molecule has 3 aliphatic heterocycles. The summed E-state index contributed by atoms with van der Waals surface area (Å²) >= 11 is 0. The Balaban J connectivity index is 1.91. The van der Waals surface area contributed by atoms with Crippen molar-refractivity contribution in [3.05, 3.63) is 11.3 Å². The topological polar surface area (TPSA) is 12.0 Å². The number of rotatable bonds is 1. The highest BCUT2D eigenvalue weighted by atomic mass is 15.4. The van der Waals surface area contributed by atoms with Gasteiger partial charge in [0.1, 0.15) is 6.04 Å². The van der Waals surface area contributed by atoms with E-state index in [9.17, 15) is 0 Å². The quantitative estimate of drug-likeness (QED) is 0.717. The van der Waals surface area contributed by atoms with Crippen molar-refractivity contribution in [2.24, 2.45) is 17.8 Å². The van der Waals surface area contributed by atoms with Gasteiger partial charge in [0, 0.05) is 24.8 Å². The molecule has 6 atom stereocenters. The molecule has 0 aromatic heterocycles. The summed E-state index contributed by atoms with van der Waals surface area (Å²) in [6.07, 6.45) is 4.07. The van der Waals surface area contributed by atoms with Crippen LogP contribution in [-0.4, -0.2) is 36.7 Å². The van der Waals surface area contributed by atoms with Gasteiger partial charge >= 0.3 is 0 Å². The SMILES string of the molecule is CCC1C[N+]2(C)CCC3=C(NC(C)C3C)C2CC1C.